The van der Waals surface area contributed by atoms with Crippen molar-refractivity contribution in [1.82, 2.24) is 15.3 Å². The van der Waals surface area contributed by atoms with Crippen LogP contribution >= 0.6 is 11.3 Å². The number of hydrogen-bond donors (Lipinski definition) is 2. The summed E-state index contributed by atoms with van der Waals surface area (Å²) in [6, 6.07) is 2.29. The van der Waals surface area contributed by atoms with Crippen LogP contribution in [0.1, 0.15) is 21.0 Å². The first-order chi connectivity index (χ1) is 7.75. The maximum Gasteiger partial charge on any atom is 0.0922 e. The van der Waals surface area contributed by atoms with Crippen molar-refractivity contribution in [1.29, 1.82) is 0 Å². The summed E-state index contributed by atoms with van der Waals surface area (Å²) in [5.41, 5.74) is 2.61. The highest BCUT2D eigenvalue weighted by atomic mass is 32.1. The molecule has 3 nitrogen and oxygen atoms in total. The normalized spacial score (nSPS) is 10.9. The number of aromatic amines is 1. The van der Waals surface area contributed by atoms with Gasteiger partial charge in [-0.2, -0.15) is 0 Å². The molecule has 0 aliphatic heterocycles. The molecule has 2 aromatic heterocycles. The van der Waals surface area contributed by atoms with Crippen LogP contribution in [0.3, 0.4) is 0 Å². The van der Waals surface area contributed by atoms with Crippen molar-refractivity contribution < 1.29 is 0 Å². The molecular formula is C12H17N3S. The number of nitrogens with zero attached hydrogens (tertiary/aromatic N) is 1. The number of thiophene rings is 1. The summed E-state index contributed by atoms with van der Waals surface area (Å²) in [5.74, 6) is 0. The summed E-state index contributed by atoms with van der Waals surface area (Å²) in [4.78, 5) is 9.91. The topological polar surface area (TPSA) is 40.7 Å². The Morgan fingerprint density at radius 3 is 2.94 bits per heavy atom. The van der Waals surface area contributed by atoms with Gasteiger partial charge in [-0.15, -0.1) is 11.3 Å². The molecule has 86 valence electrons. The van der Waals surface area contributed by atoms with E-state index in [4.69, 9.17) is 0 Å². The van der Waals surface area contributed by atoms with Gasteiger partial charge in [0.25, 0.3) is 0 Å². The summed E-state index contributed by atoms with van der Waals surface area (Å²) in [5, 5.41) is 3.41. The van der Waals surface area contributed by atoms with E-state index in [-0.39, 0.29) is 0 Å². The summed E-state index contributed by atoms with van der Waals surface area (Å²) >= 11 is 1.88. The molecule has 0 aromatic carbocycles. The van der Waals surface area contributed by atoms with E-state index in [0.29, 0.717) is 0 Å². The summed E-state index contributed by atoms with van der Waals surface area (Å²) < 4.78 is 0. The Balaban J connectivity index is 1.74. The van der Waals surface area contributed by atoms with E-state index >= 15 is 0 Å². The lowest BCUT2D eigenvalue weighted by Crippen LogP contribution is -2.16. The fraction of sp³-hybridized carbons (Fsp3) is 0.417. The Hall–Kier alpha value is -1.13. The van der Waals surface area contributed by atoms with Gasteiger partial charge in [-0.25, -0.2) is 4.98 Å². The van der Waals surface area contributed by atoms with Gasteiger partial charge in [0.15, 0.2) is 0 Å². The molecule has 0 atom stereocenters. The van der Waals surface area contributed by atoms with E-state index in [2.05, 4.69) is 35.2 Å². The average molecular weight is 235 g/mol. The summed E-state index contributed by atoms with van der Waals surface area (Å²) in [6.45, 7) is 6.24. The van der Waals surface area contributed by atoms with Gasteiger partial charge in [-0.3, -0.25) is 0 Å². The van der Waals surface area contributed by atoms with E-state index in [1.54, 1.807) is 6.33 Å². The van der Waals surface area contributed by atoms with Crippen LogP contribution in [-0.2, 0) is 13.0 Å². The van der Waals surface area contributed by atoms with Crippen molar-refractivity contribution in [3.05, 3.63) is 39.6 Å². The Kier molecular flexibility index (Phi) is 3.74. The van der Waals surface area contributed by atoms with Crippen LogP contribution in [0, 0.1) is 13.8 Å². The Bertz CT molecular complexity index is 431. The van der Waals surface area contributed by atoms with Crippen LogP contribution in [0.25, 0.3) is 0 Å². The van der Waals surface area contributed by atoms with Crippen LogP contribution in [0.15, 0.2) is 18.6 Å². The van der Waals surface area contributed by atoms with Crippen LogP contribution in [-0.4, -0.2) is 16.5 Å². The number of H-pyrrole nitrogens is 1. The molecule has 0 aliphatic carbocycles. The number of nitrogens with one attached hydrogen (secondary N) is 2. The predicted octanol–water partition coefficient (Wildman–Crippen LogP) is 2.42. The van der Waals surface area contributed by atoms with Crippen molar-refractivity contribution in [2.24, 2.45) is 0 Å². The van der Waals surface area contributed by atoms with Gasteiger partial charge < -0.3 is 10.3 Å². The highest BCUT2D eigenvalue weighted by molar-refractivity contribution is 7.12. The van der Waals surface area contributed by atoms with Gasteiger partial charge in [0, 0.05) is 28.2 Å². The minimum Gasteiger partial charge on any atom is -0.347 e. The molecule has 0 spiro atoms. The second-order valence-corrected chi connectivity index (χ2v) is 5.40. The molecule has 2 heterocycles. The Morgan fingerprint density at radius 2 is 2.31 bits per heavy atom. The number of aryl methyl sites for hydroxylation is 2. The molecule has 0 saturated heterocycles. The van der Waals surface area contributed by atoms with E-state index in [0.717, 1.165) is 25.2 Å². The first-order valence-electron chi connectivity index (χ1n) is 5.49. The number of rotatable bonds is 5. The third-order valence-corrected chi connectivity index (χ3v) is 3.59. The van der Waals surface area contributed by atoms with Crippen LogP contribution in [0.4, 0.5) is 0 Å². The van der Waals surface area contributed by atoms with Gasteiger partial charge in [-0.1, -0.05) is 0 Å². The lowest BCUT2D eigenvalue weighted by molar-refractivity contribution is 0.677. The zero-order chi connectivity index (χ0) is 11.4. The smallest absolute Gasteiger partial charge is 0.0922 e. The molecule has 0 radical (unpaired) electrons. The van der Waals surface area contributed by atoms with Gasteiger partial charge in [0.05, 0.1) is 6.33 Å². The van der Waals surface area contributed by atoms with E-state index in [1.165, 1.54) is 15.3 Å². The van der Waals surface area contributed by atoms with Crippen molar-refractivity contribution in [3.8, 4) is 0 Å². The molecule has 4 heteroatoms. The van der Waals surface area contributed by atoms with Crippen LogP contribution < -0.4 is 5.32 Å². The second-order valence-electron chi connectivity index (χ2n) is 3.94. The van der Waals surface area contributed by atoms with Gasteiger partial charge in [0.1, 0.15) is 0 Å². The Labute approximate surface area is 99.9 Å². The molecule has 0 fully saturated rings. The van der Waals surface area contributed by atoms with Crippen molar-refractivity contribution in [3.63, 3.8) is 0 Å². The summed E-state index contributed by atoms with van der Waals surface area (Å²) in [7, 11) is 0. The van der Waals surface area contributed by atoms with Crippen LogP contribution in [0.5, 0.6) is 0 Å². The molecule has 0 aliphatic rings. The molecule has 0 bridgehead atoms. The largest absolute Gasteiger partial charge is 0.347 e. The van der Waals surface area contributed by atoms with Crippen molar-refractivity contribution in [2.75, 3.05) is 6.54 Å². The molecular weight excluding hydrogens is 218 g/mol. The van der Waals surface area contributed by atoms with Crippen molar-refractivity contribution in [2.45, 2.75) is 26.8 Å². The minimum absolute atomic E-state index is 0.863. The maximum atomic E-state index is 3.98. The standard InChI is InChI=1S/C12H17N3S/c1-9-5-11(10(2)16-9)3-4-13-6-12-7-14-8-15-12/h5,7-8,13H,3-4,6H2,1-2H3,(H,14,15). The third kappa shape index (κ3) is 2.93. The highest BCUT2D eigenvalue weighted by Crippen LogP contribution is 2.20. The minimum atomic E-state index is 0.863. The number of hydrogen-bond acceptors (Lipinski definition) is 3. The highest BCUT2D eigenvalue weighted by Gasteiger charge is 2.02. The molecule has 2 aromatic rings. The zero-order valence-electron chi connectivity index (χ0n) is 9.71. The molecule has 0 unspecified atom stereocenters. The lowest BCUT2D eigenvalue weighted by Gasteiger charge is -2.02. The van der Waals surface area contributed by atoms with Gasteiger partial charge >= 0.3 is 0 Å². The van der Waals surface area contributed by atoms with E-state index < -0.39 is 0 Å². The SMILES string of the molecule is Cc1cc(CCNCc2cnc[nH]2)c(C)s1. The second kappa shape index (κ2) is 5.27. The van der Waals surface area contributed by atoms with Crippen molar-refractivity contribution >= 4 is 11.3 Å². The predicted molar refractivity (Wildman–Crippen MR) is 67.8 cm³/mol. The molecule has 2 N–H and O–H groups in total. The molecule has 2 rings (SSSR count). The zero-order valence-corrected chi connectivity index (χ0v) is 10.5. The third-order valence-electron chi connectivity index (χ3n) is 2.59. The van der Waals surface area contributed by atoms with Gasteiger partial charge in [0.2, 0.25) is 0 Å². The average Bonchev–Trinajstić information content (AvgIpc) is 2.84. The number of imidazole rings is 1. The molecule has 0 amide bonds. The lowest BCUT2D eigenvalue weighted by atomic mass is 10.2. The van der Waals surface area contributed by atoms with E-state index in [9.17, 15) is 0 Å². The molecule has 16 heavy (non-hydrogen) atoms. The maximum absolute atomic E-state index is 3.98. The van der Waals surface area contributed by atoms with Crippen LogP contribution in [0.2, 0.25) is 0 Å². The Morgan fingerprint density at radius 1 is 1.44 bits per heavy atom. The van der Waals surface area contributed by atoms with Gasteiger partial charge in [-0.05, 0) is 38.4 Å². The first-order valence-corrected chi connectivity index (χ1v) is 6.31. The number of aromatic nitrogens is 2. The van der Waals surface area contributed by atoms with E-state index in [1.807, 2.05) is 17.5 Å². The summed E-state index contributed by atoms with van der Waals surface area (Å²) in [6.07, 6.45) is 4.67. The monoisotopic (exact) mass is 235 g/mol. The fourth-order valence-electron chi connectivity index (χ4n) is 1.76. The molecule has 0 saturated carbocycles. The fourth-order valence-corrected chi connectivity index (χ4v) is 2.74. The first kappa shape index (κ1) is 11.4. The quantitative estimate of drug-likeness (QED) is 0.781.